The molecule has 1 fully saturated rings. The van der Waals surface area contributed by atoms with E-state index in [9.17, 15) is 4.79 Å². The fourth-order valence-electron chi connectivity index (χ4n) is 1.91. The summed E-state index contributed by atoms with van der Waals surface area (Å²) in [5.74, 6) is 0.472. The zero-order valence-corrected chi connectivity index (χ0v) is 10.9. The highest BCUT2D eigenvalue weighted by Gasteiger charge is 2.15. The Labute approximate surface area is 112 Å². The van der Waals surface area contributed by atoms with Crippen LogP contribution >= 0.6 is 11.6 Å². The molecule has 1 saturated heterocycles. The summed E-state index contributed by atoms with van der Waals surface area (Å²) in [4.78, 5) is 11.6. The van der Waals surface area contributed by atoms with Gasteiger partial charge in [0.05, 0.1) is 13.2 Å². The van der Waals surface area contributed by atoms with Crippen LogP contribution in [0.5, 0.6) is 0 Å². The van der Waals surface area contributed by atoms with Crippen molar-refractivity contribution in [1.82, 2.24) is 5.32 Å². The van der Waals surface area contributed by atoms with Crippen LogP contribution in [0, 0.1) is 5.92 Å². The van der Waals surface area contributed by atoms with Gasteiger partial charge in [0.15, 0.2) is 0 Å². The minimum Gasteiger partial charge on any atom is -0.381 e. The van der Waals surface area contributed by atoms with Crippen molar-refractivity contribution in [2.24, 2.45) is 5.92 Å². The highest BCUT2D eigenvalue weighted by Crippen LogP contribution is 2.14. The lowest BCUT2D eigenvalue weighted by Crippen LogP contribution is -2.31. The third-order valence-corrected chi connectivity index (χ3v) is 3.09. The molecule has 0 aromatic heterocycles. The largest absolute Gasteiger partial charge is 0.381 e. The molecule has 0 radical (unpaired) electrons. The van der Waals surface area contributed by atoms with Gasteiger partial charge in [-0.3, -0.25) is 4.79 Å². The van der Waals surface area contributed by atoms with Crippen LogP contribution in [0.25, 0.3) is 0 Å². The molecule has 1 heterocycles. The number of hydrogen-bond acceptors (Lipinski definition) is 3. The van der Waals surface area contributed by atoms with Crippen molar-refractivity contribution >= 4 is 23.2 Å². The number of halogens is 1. The van der Waals surface area contributed by atoms with Crippen LogP contribution in [-0.4, -0.2) is 32.2 Å². The van der Waals surface area contributed by atoms with E-state index in [-0.39, 0.29) is 5.91 Å². The van der Waals surface area contributed by atoms with Gasteiger partial charge in [0.2, 0.25) is 5.91 Å². The second kappa shape index (κ2) is 6.73. The fourth-order valence-corrected chi connectivity index (χ4v) is 2.10. The lowest BCUT2D eigenvalue weighted by molar-refractivity contribution is -0.115. The summed E-state index contributed by atoms with van der Waals surface area (Å²) < 4.78 is 5.27. The van der Waals surface area contributed by atoms with Crippen molar-refractivity contribution in [3.05, 3.63) is 29.3 Å². The number of nitrogens with one attached hydrogen (secondary N) is 2. The molecule has 5 heteroatoms. The third kappa shape index (κ3) is 4.29. The second-order valence-corrected chi connectivity index (χ2v) is 4.86. The van der Waals surface area contributed by atoms with E-state index in [1.807, 2.05) is 6.07 Å². The van der Waals surface area contributed by atoms with Crippen LogP contribution < -0.4 is 10.6 Å². The van der Waals surface area contributed by atoms with Crippen LogP contribution in [-0.2, 0) is 9.53 Å². The Morgan fingerprint density at radius 2 is 2.39 bits per heavy atom. The van der Waals surface area contributed by atoms with Crippen LogP contribution in [0.2, 0.25) is 5.02 Å². The maximum atomic E-state index is 11.6. The van der Waals surface area contributed by atoms with Gasteiger partial charge in [-0.2, -0.15) is 0 Å². The number of hydrogen-bond donors (Lipinski definition) is 2. The molecule has 4 nitrogen and oxygen atoms in total. The van der Waals surface area contributed by atoms with E-state index in [2.05, 4.69) is 10.6 Å². The first kappa shape index (κ1) is 13.3. The summed E-state index contributed by atoms with van der Waals surface area (Å²) in [5.41, 5.74) is 0.721. The number of rotatable bonds is 5. The molecule has 1 aliphatic rings. The quantitative estimate of drug-likeness (QED) is 0.858. The third-order valence-electron chi connectivity index (χ3n) is 2.85. The highest BCUT2D eigenvalue weighted by molar-refractivity contribution is 6.30. The SMILES string of the molecule is O=C(CNCC1CCOC1)Nc1cccc(Cl)c1. The Bertz CT molecular complexity index is 406. The molecule has 1 unspecified atom stereocenters. The van der Waals surface area contributed by atoms with E-state index in [1.54, 1.807) is 18.2 Å². The maximum absolute atomic E-state index is 11.6. The molecule has 0 saturated carbocycles. The Morgan fingerprint density at radius 1 is 1.50 bits per heavy atom. The molecule has 0 aliphatic carbocycles. The number of carbonyl (C=O) groups is 1. The fraction of sp³-hybridized carbons (Fsp3) is 0.462. The summed E-state index contributed by atoms with van der Waals surface area (Å²) in [6.07, 6.45) is 1.07. The molecule has 1 aromatic carbocycles. The van der Waals surface area contributed by atoms with Crippen molar-refractivity contribution in [3.63, 3.8) is 0 Å². The molecule has 2 N–H and O–H groups in total. The van der Waals surface area contributed by atoms with Gasteiger partial charge >= 0.3 is 0 Å². The number of amides is 1. The molecule has 1 aromatic rings. The molecule has 2 rings (SSSR count). The van der Waals surface area contributed by atoms with E-state index < -0.39 is 0 Å². The monoisotopic (exact) mass is 268 g/mol. The van der Waals surface area contributed by atoms with E-state index in [0.29, 0.717) is 17.5 Å². The van der Waals surface area contributed by atoms with Gasteiger partial charge in [-0.25, -0.2) is 0 Å². The first-order valence-corrected chi connectivity index (χ1v) is 6.46. The van der Waals surface area contributed by atoms with Crippen LogP contribution in [0.4, 0.5) is 5.69 Å². The lowest BCUT2D eigenvalue weighted by Gasteiger charge is -2.09. The minimum absolute atomic E-state index is 0.0591. The number of benzene rings is 1. The molecule has 98 valence electrons. The maximum Gasteiger partial charge on any atom is 0.238 e. The van der Waals surface area contributed by atoms with E-state index >= 15 is 0 Å². The number of carbonyl (C=O) groups excluding carboxylic acids is 1. The Balaban J connectivity index is 1.68. The second-order valence-electron chi connectivity index (χ2n) is 4.42. The van der Waals surface area contributed by atoms with Gasteiger partial charge in [-0.15, -0.1) is 0 Å². The van der Waals surface area contributed by atoms with Crippen molar-refractivity contribution in [1.29, 1.82) is 0 Å². The molecule has 0 bridgehead atoms. The average Bonchev–Trinajstić information content (AvgIpc) is 2.82. The van der Waals surface area contributed by atoms with Crippen molar-refractivity contribution in [2.45, 2.75) is 6.42 Å². The van der Waals surface area contributed by atoms with Crippen molar-refractivity contribution in [2.75, 3.05) is 31.6 Å². The van der Waals surface area contributed by atoms with Gasteiger partial charge in [-0.1, -0.05) is 17.7 Å². The van der Waals surface area contributed by atoms with Crippen molar-refractivity contribution in [3.8, 4) is 0 Å². The topological polar surface area (TPSA) is 50.4 Å². The standard InChI is InChI=1S/C13H17ClN2O2/c14-11-2-1-3-12(6-11)16-13(17)8-15-7-10-4-5-18-9-10/h1-3,6,10,15H,4-5,7-9H2,(H,16,17). The van der Waals surface area contributed by atoms with Crippen LogP contribution in [0.3, 0.4) is 0 Å². The number of ether oxygens (including phenoxy) is 1. The normalized spacial score (nSPS) is 18.8. The Kier molecular flexibility index (Phi) is 4.99. The first-order chi connectivity index (χ1) is 8.74. The predicted octanol–water partition coefficient (Wildman–Crippen LogP) is 1.90. The van der Waals surface area contributed by atoms with Crippen LogP contribution in [0.1, 0.15) is 6.42 Å². The summed E-state index contributed by atoms with van der Waals surface area (Å²) >= 11 is 5.84. The highest BCUT2D eigenvalue weighted by atomic mass is 35.5. The average molecular weight is 269 g/mol. The zero-order chi connectivity index (χ0) is 12.8. The molecule has 1 aliphatic heterocycles. The van der Waals surface area contributed by atoms with E-state index in [4.69, 9.17) is 16.3 Å². The Hall–Kier alpha value is -1.10. The summed E-state index contributed by atoms with van der Waals surface area (Å²) in [7, 11) is 0. The van der Waals surface area contributed by atoms with E-state index in [0.717, 1.165) is 31.9 Å². The van der Waals surface area contributed by atoms with Gasteiger partial charge in [0, 0.05) is 23.9 Å². The molecule has 18 heavy (non-hydrogen) atoms. The first-order valence-electron chi connectivity index (χ1n) is 6.08. The predicted molar refractivity (Wildman–Crippen MR) is 71.9 cm³/mol. The number of anilines is 1. The van der Waals surface area contributed by atoms with Gasteiger partial charge in [0.1, 0.15) is 0 Å². The van der Waals surface area contributed by atoms with Crippen LogP contribution in [0.15, 0.2) is 24.3 Å². The smallest absolute Gasteiger partial charge is 0.238 e. The Morgan fingerprint density at radius 3 is 3.11 bits per heavy atom. The molecular formula is C13H17ClN2O2. The summed E-state index contributed by atoms with van der Waals surface area (Å²) in [5, 5.41) is 6.54. The van der Waals surface area contributed by atoms with Gasteiger partial charge < -0.3 is 15.4 Å². The zero-order valence-electron chi connectivity index (χ0n) is 10.1. The van der Waals surface area contributed by atoms with Gasteiger partial charge in [-0.05, 0) is 30.5 Å². The molecular weight excluding hydrogens is 252 g/mol. The molecule has 1 amide bonds. The molecule has 1 atom stereocenters. The van der Waals surface area contributed by atoms with E-state index in [1.165, 1.54) is 0 Å². The minimum atomic E-state index is -0.0591. The molecule has 0 spiro atoms. The lowest BCUT2D eigenvalue weighted by atomic mass is 10.1. The van der Waals surface area contributed by atoms with Crippen molar-refractivity contribution < 1.29 is 9.53 Å². The van der Waals surface area contributed by atoms with Gasteiger partial charge in [0.25, 0.3) is 0 Å². The summed E-state index contributed by atoms with van der Waals surface area (Å²) in [6.45, 7) is 2.76. The summed E-state index contributed by atoms with van der Waals surface area (Å²) in [6, 6.07) is 7.12.